The van der Waals surface area contributed by atoms with Gasteiger partial charge in [-0.1, -0.05) is 140 Å². The number of furan rings is 1. The van der Waals surface area contributed by atoms with Crippen LogP contribution < -0.4 is 0 Å². The number of nitrogens with zero attached hydrogens (tertiary/aromatic N) is 2. The summed E-state index contributed by atoms with van der Waals surface area (Å²) in [6.45, 7) is 0. The molecule has 0 spiro atoms. The first kappa shape index (κ1) is 32.8. The van der Waals surface area contributed by atoms with E-state index in [-0.39, 0.29) is 0 Å². The molecule has 61 heavy (non-hydrogen) atoms. The van der Waals surface area contributed by atoms with Crippen molar-refractivity contribution >= 4 is 109 Å². The van der Waals surface area contributed by atoms with Crippen molar-refractivity contribution in [2.24, 2.45) is 0 Å². The highest BCUT2D eigenvalue weighted by Gasteiger charge is 2.24. The van der Waals surface area contributed by atoms with Gasteiger partial charge in [0.25, 0.3) is 0 Å². The van der Waals surface area contributed by atoms with Gasteiger partial charge in [-0.25, -0.2) is 0 Å². The van der Waals surface area contributed by atoms with Crippen LogP contribution in [0.3, 0.4) is 0 Å². The van der Waals surface area contributed by atoms with Crippen LogP contribution in [0.4, 0.5) is 0 Å². The molecular weight excluding hydrogens is 741 g/mol. The monoisotopic (exact) mass is 774 g/mol. The van der Waals surface area contributed by atoms with E-state index in [4.69, 9.17) is 4.42 Å². The first-order valence-electron chi connectivity index (χ1n) is 21.0. The van der Waals surface area contributed by atoms with Crippen LogP contribution in [0.2, 0.25) is 0 Å². The zero-order valence-corrected chi connectivity index (χ0v) is 32.9. The van der Waals surface area contributed by atoms with Crippen LogP contribution in [0.1, 0.15) is 0 Å². The number of fused-ring (bicyclic) bond motifs is 18. The third-order valence-electron chi connectivity index (χ3n) is 13.2. The van der Waals surface area contributed by atoms with Crippen molar-refractivity contribution in [3.63, 3.8) is 0 Å². The van der Waals surface area contributed by atoms with E-state index >= 15 is 0 Å². The van der Waals surface area contributed by atoms with Gasteiger partial charge >= 0.3 is 0 Å². The largest absolute Gasteiger partial charge is 0.455 e. The Balaban J connectivity index is 1.08. The third kappa shape index (κ3) is 4.52. The van der Waals surface area contributed by atoms with Crippen LogP contribution in [-0.4, -0.2) is 9.13 Å². The average Bonchev–Trinajstić information content (AvgIpc) is 3.99. The van der Waals surface area contributed by atoms with Gasteiger partial charge in [0.1, 0.15) is 11.2 Å². The first-order valence-corrected chi connectivity index (χ1v) is 21.0. The summed E-state index contributed by atoms with van der Waals surface area (Å²) in [5.41, 5.74) is 11.1. The molecule has 0 saturated carbocycles. The van der Waals surface area contributed by atoms with Crippen molar-refractivity contribution in [3.8, 4) is 22.5 Å². The highest BCUT2D eigenvalue weighted by Crippen LogP contribution is 2.46. The summed E-state index contributed by atoms with van der Waals surface area (Å²) in [6.07, 6.45) is 0. The lowest BCUT2D eigenvalue weighted by Gasteiger charge is -2.14. The van der Waals surface area contributed by atoms with Gasteiger partial charge in [0.05, 0.1) is 27.5 Å². The zero-order valence-electron chi connectivity index (χ0n) is 32.9. The number of hydrogen-bond acceptors (Lipinski definition) is 1. The van der Waals surface area contributed by atoms with Gasteiger partial charge in [0, 0.05) is 38.3 Å². The SMILES string of the molecule is c1cc(-c2ccc3c4ccccc4c4ccccc4c3c2)cc(-n2c3ccc4c5ccccc5oc4c3c3ccc4c(c5ccccc5n4-c4ccc5ccccc5c4)c32)c1. The molecule has 282 valence electrons. The molecule has 0 aliphatic heterocycles. The number of benzene rings is 11. The van der Waals surface area contributed by atoms with Gasteiger partial charge in [-0.3, -0.25) is 0 Å². The molecule has 14 aromatic rings. The minimum absolute atomic E-state index is 0.901. The molecule has 3 heteroatoms. The Bertz CT molecular complexity index is 4140. The highest BCUT2D eigenvalue weighted by atomic mass is 16.3. The Morgan fingerprint density at radius 2 is 0.885 bits per heavy atom. The Morgan fingerprint density at radius 3 is 1.69 bits per heavy atom. The van der Waals surface area contributed by atoms with E-state index < -0.39 is 0 Å². The summed E-state index contributed by atoms with van der Waals surface area (Å²) in [5, 5.41) is 17.1. The van der Waals surface area contributed by atoms with E-state index in [0.717, 1.165) is 44.2 Å². The molecule has 0 unspecified atom stereocenters. The van der Waals surface area contributed by atoms with E-state index in [1.165, 1.54) is 86.9 Å². The van der Waals surface area contributed by atoms with Crippen LogP contribution in [-0.2, 0) is 0 Å². The fourth-order valence-electron chi connectivity index (χ4n) is 10.6. The molecule has 0 atom stereocenters. The van der Waals surface area contributed by atoms with Crippen molar-refractivity contribution in [1.82, 2.24) is 9.13 Å². The topological polar surface area (TPSA) is 23.0 Å². The molecule has 0 aliphatic carbocycles. The maximum atomic E-state index is 6.82. The molecule has 0 N–H and O–H groups in total. The maximum absolute atomic E-state index is 6.82. The van der Waals surface area contributed by atoms with Crippen molar-refractivity contribution in [2.75, 3.05) is 0 Å². The molecule has 0 fully saturated rings. The molecule has 0 bridgehead atoms. The van der Waals surface area contributed by atoms with Crippen molar-refractivity contribution in [1.29, 1.82) is 0 Å². The quantitative estimate of drug-likeness (QED) is 0.164. The summed E-state index contributed by atoms with van der Waals surface area (Å²) in [6, 6.07) is 75.6. The molecule has 11 aromatic carbocycles. The Kier molecular flexibility index (Phi) is 6.56. The third-order valence-corrected chi connectivity index (χ3v) is 13.2. The summed E-state index contributed by atoms with van der Waals surface area (Å²) in [7, 11) is 0. The van der Waals surface area contributed by atoms with Gasteiger partial charge in [-0.2, -0.15) is 0 Å². The standard InChI is InChI=1S/C58H34N2O/c1-2-13-36-32-40(26-24-35(36)12-1)59-51-22-9-7-21-48(51)55-52(59)31-29-49-56-53(30-28-47-46-20-8-10-23-54(46)61-58(47)56)60(57(49)55)39-15-11-14-37(33-39)38-25-27-45-43-18-4-3-16-41(43)42-17-5-6-19-44(42)50(45)34-38/h1-34H. The van der Waals surface area contributed by atoms with E-state index in [2.05, 4.69) is 215 Å². The minimum atomic E-state index is 0.901. The van der Waals surface area contributed by atoms with Gasteiger partial charge in [0.2, 0.25) is 0 Å². The second-order valence-electron chi connectivity index (χ2n) is 16.4. The van der Waals surface area contributed by atoms with E-state index in [1.54, 1.807) is 0 Å². The van der Waals surface area contributed by atoms with Gasteiger partial charge in [0.15, 0.2) is 0 Å². The fraction of sp³-hybridized carbons (Fsp3) is 0. The van der Waals surface area contributed by atoms with Crippen LogP contribution in [0, 0.1) is 0 Å². The van der Waals surface area contributed by atoms with Crippen LogP contribution >= 0.6 is 0 Å². The number of hydrogen-bond donors (Lipinski definition) is 0. The summed E-state index contributed by atoms with van der Waals surface area (Å²) in [4.78, 5) is 0. The summed E-state index contributed by atoms with van der Waals surface area (Å²) in [5.74, 6) is 0. The maximum Gasteiger partial charge on any atom is 0.145 e. The molecule has 3 nitrogen and oxygen atoms in total. The number of aromatic nitrogens is 2. The number of para-hydroxylation sites is 2. The van der Waals surface area contributed by atoms with Gasteiger partial charge in [-0.05, 0) is 121 Å². The second kappa shape index (κ2) is 12.2. The summed E-state index contributed by atoms with van der Waals surface area (Å²) < 4.78 is 11.7. The molecule has 0 aliphatic rings. The molecule has 3 heterocycles. The van der Waals surface area contributed by atoms with Crippen molar-refractivity contribution in [2.45, 2.75) is 0 Å². The number of rotatable bonds is 3. The molecular formula is C58H34N2O. The van der Waals surface area contributed by atoms with Gasteiger partial charge in [-0.15, -0.1) is 0 Å². The lowest BCUT2D eigenvalue weighted by molar-refractivity contribution is 0.673. The minimum Gasteiger partial charge on any atom is -0.455 e. The lowest BCUT2D eigenvalue weighted by Crippen LogP contribution is -1.96. The fourth-order valence-corrected chi connectivity index (χ4v) is 10.6. The van der Waals surface area contributed by atoms with E-state index in [1.807, 2.05) is 0 Å². The second-order valence-corrected chi connectivity index (χ2v) is 16.4. The first-order chi connectivity index (χ1) is 30.3. The van der Waals surface area contributed by atoms with Crippen molar-refractivity contribution < 1.29 is 4.42 Å². The van der Waals surface area contributed by atoms with Crippen LogP contribution in [0.15, 0.2) is 211 Å². The Hall–Kier alpha value is -8.14. The van der Waals surface area contributed by atoms with Crippen molar-refractivity contribution in [3.05, 3.63) is 206 Å². The van der Waals surface area contributed by atoms with Crippen LogP contribution in [0.5, 0.6) is 0 Å². The molecule has 3 aromatic heterocycles. The predicted octanol–water partition coefficient (Wildman–Crippen LogP) is 16.1. The smallest absolute Gasteiger partial charge is 0.145 e. The van der Waals surface area contributed by atoms with E-state index in [9.17, 15) is 0 Å². The Labute approximate surface area is 349 Å². The predicted molar refractivity (Wildman–Crippen MR) is 258 cm³/mol. The van der Waals surface area contributed by atoms with Gasteiger partial charge < -0.3 is 13.6 Å². The highest BCUT2D eigenvalue weighted by molar-refractivity contribution is 6.31. The summed E-state index contributed by atoms with van der Waals surface area (Å²) >= 11 is 0. The normalized spacial score (nSPS) is 12.3. The average molecular weight is 775 g/mol. The molecule has 14 rings (SSSR count). The molecule has 0 radical (unpaired) electrons. The van der Waals surface area contributed by atoms with Crippen LogP contribution in [0.25, 0.3) is 131 Å². The molecule has 0 saturated heterocycles. The Morgan fingerprint density at radius 1 is 0.295 bits per heavy atom. The zero-order chi connectivity index (χ0) is 39.8. The van der Waals surface area contributed by atoms with E-state index in [0.29, 0.717) is 0 Å². The lowest BCUT2D eigenvalue weighted by atomic mass is 9.92. The molecule has 0 amide bonds.